The molecule has 0 saturated heterocycles. The standard InChI is InChI=1S/C13H14N2O3/c1-8-3-4-11(18-2)10(5-8)13-9(6-12(16)17)7-14-15-13/h3-5,7H,6H2,1-2H3,(H,14,15)(H,16,17). The van der Waals surface area contributed by atoms with E-state index in [2.05, 4.69) is 10.2 Å². The molecule has 0 aliphatic heterocycles. The molecule has 2 N–H and O–H groups in total. The highest BCUT2D eigenvalue weighted by Gasteiger charge is 2.14. The summed E-state index contributed by atoms with van der Waals surface area (Å²) in [5.74, 6) is -0.194. The number of rotatable bonds is 4. The summed E-state index contributed by atoms with van der Waals surface area (Å²) >= 11 is 0. The van der Waals surface area contributed by atoms with E-state index < -0.39 is 5.97 Å². The number of carboxylic acids is 1. The molecule has 0 atom stereocenters. The van der Waals surface area contributed by atoms with Crippen LogP contribution in [-0.4, -0.2) is 28.4 Å². The highest BCUT2D eigenvalue weighted by molar-refractivity contribution is 5.77. The van der Waals surface area contributed by atoms with Gasteiger partial charge in [-0.3, -0.25) is 9.89 Å². The smallest absolute Gasteiger partial charge is 0.307 e. The third-order valence-electron chi connectivity index (χ3n) is 2.68. The van der Waals surface area contributed by atoms with Crippen molar-refractivity contribution in [1.29, 1.82) is 0 Å². The fourth-order valence-electron chi connectivity index (χ4n) is 1.86. The maximum atomic E-state index is 10.8. The molecule has 2 rings (SSSR count). The number of ether oxygens (including phenoxy) is 1. The van der Waals surface area contributed by atoms with Crippen molar-refractivity contribution < 1.29 is 14.6 Å². The van der Waals surface area contributed by atoms with Crippen molar-refractivity contribution in [2.24, 2.45) is 0 Å². The van der Waals surface area contributed by atoms with Crippen LogP contribution < -0.4 is 4.74 Å². The normalized spacial score (nSPS) is 10.3. The minimum absolute atomic E-state index is 0.0665. The van der Waals surface area contributed by atoms with Crippen LogP contribution in [0.3, 0.4) is 0 Å². The number of carboxylic acid groups (broad SMARTS) is 1. The molecule has 0 saturated carbocycles. The van der Waals surface area contributed by atoms with Gasteiger partial charge in [-0.2, -0.15) is 5.10 Å². The summed E-state index contributed by atoms with van der Waals surface area (Å²) in [7, 11) is 1.58. The Kier molecular flexibility index (Phi) is 3.32. The van der Waals surface area contributed by atoms with E-state index in [0.29, 0.717) is 17.0 Å². The lowest BCUT2D eigenvalue weighted by Crippen LogP contribution is -2.01. The predicted octanol–water partition coefficient (Wildman–Crippen LogP) is 2.02. The topological polar surface area (TPSA) is 75.2 Å². The molecular formula is C13H14N2O3. The van der Waals surface area contributed by atoms with Crippen LogP contribution in [0.5, 0.6) is 5.75 Å². The molecule has 0 spiro atoms. The van der Waals surface area contributed by atoms with Crippen molar-refractivity contribution in [1.82, 2.24) is 10.2 Å². The second-order valence-electron chi connectivity index (χ2n) is 4.04. The maximum Gasteiger partial charge on any atom is 0.307 e. The lowest BCUT2D eigenvalue weighted by molar-refractivity contribution is -0.136. The van der Waals surface area contributed by atoms with Crippen LogP contribution in [0, 0.1) is 6.92 Å². The van der Waals surface area contributed by atoms with Gasteiger partial charge in [0, 0.05) is 11.1 Å². The van der Waals surface area contributed by atoms with Gasteiger partial charge >= 0.3 is 5.97 Å². The first-order valence-corrected chi connectivity index (χ1v) is 5.51. The highest BCUT2D eigenvalue weighted by Crippen LogP contribution is 2.31. The number of aryl methyl sites for hydroxylation is 1. The molecule has 18 heavy (non-hydrogen) atoms. The molecule has 0 radical (unpaired) electrons. The Balaban J connectivity index is 2.51. The van der Waals surface area contributed by atoms with Crippen molar-refractivity contribution in [3.63, 3.8) is 0 Å². The van der Waals surface area contributed by atoms with Crippen molar-refractivity contribution >= 4 is 5.97 Å². The summed E-state index contributed by atoms with van der Waals surface area (Å²) in [5, 5.41) is 15.6. The van der Waals surface area contributed by atoms with Gasteiger partial charge in [0.05, 0.1) is 25.4 Å². The van der Waals surface area contributed by atoms with Crippen molar-refractivity contribution in [3.8, 4) is 17.0 Å². The summed E-state index contributed by atoms with van der Waals surface area (Å²) in [4.78, 5) is 10.8. The van der Waals surface area contributed by atoms with Crippen LogP contribution in [0.4, 0.5) is 0 Å². The molecule has 0 aliphatic carbocycles. The number of nitrogens with one attached hydrogen (secondary N) is 1. The van der Waals surface area contributed by atoms with Gasteiger partial charge in [0.25, 0.3) is 0 Å². The van der Waals surface area contributed by atoms with Crippen LogP contribution in [0.1, 0.15) is 11.1 Å². The molecule has 2 aromatic rings. The Bertz CT molecular complexity index is 575. The third kappa shape index (κ3) is 2.34. The van der Waals surface area contributed by atoms with E-state index in [1.165, 1.54) is 6.20 Å². The first-order valence-electron chi connectivity index (χ1n) is 5.51. The monoisotopic (exact) mass is 246 g/mol. The maximum absolute atomic E-state index is 10.8. The molecule has 1 aromatic heterocycles. The van der Waals surface area contributed by atoms with Crippen molar-refractivity contribution in [2.75, 3.05) is 7.11 Å². The number of benzene rings is 1. The SMILES string of the molecule is COc1ccc(C)cc1-c1[nH]ncc1CC(=O)O. The number of hydrogen-bond acceptors (Lipinski definition) is 3. The molecule has 0 fully saturated rings. The first kappa shape index (κ1) is 12.2. The largest absolute Gasteiger partial charge is 0.496 e. The van der Waals surface area contributed by atoms with E-state index in [1.807, 2.05) is 25.1 Å². The highest BCUT2D eigenvalue weighted by atomic mass is 16.5. The summed E-state index contributed by atoms with van der Waals surface area (Å²) < 4.78 is 5.29. The molecule has 0 bridgehead atoms. The molecule has 94 valence electrons. The molecule has 0 aliphatic rings. The van der Waals surface area contributed by atoms with Crippen LogP contribution >= 0.6 is 0 Å². The van der Waals surface area contributed by atoms with Gasteiger partial charge < -0.3 is 9.84 Å². The zero-order valence-electron chi connectivity index (χ0n) is 10.2. The van der Waals surface area contributed by atoms with Gasteiger partial charge in [0.1, 0.15) is 5.75 Å². The van der Waals surface area contributed by atoms with E-state index >= 15 is 0 Å². The number of carbonyl (C=O) groups is 1. The zero-order valence-corrected chi connectivity index (χ0v) is 10.2. The Labute approximate surface area is 104 Å². The Morgan fingerprint density at radius 2 is 2.28 bits per heavy atom. The number of nitrogens with zero attached hydrogens (tertiary/aromatic N) is 1. The van der Waals surface area contributed by atoms with E-state index in [0.717, 1.165) is 11.1 Å². The lowest BCUT2D eigenvalue weighted by atomic mass is 10.0. The number of aromatic nitrogens is 2. The van der Waals surface area contributed by atoms with Gasteiger partial charge in [0.2, 0.25) is 0 Å². The van der Waals surface area contributed by atoms with Gasteiger partial charge in [-0.15, -0.1) is 0 Å². The van der Waals surface area contributed by atoms with Crippen LogP contribution in [0.15, 0.2) is 24.4 Å². The fraction of sp³-hybridized carbons (Fsp3) is 0.231. The van der Waals surface area contributed by atoms with Crippen LogP contribution in [0.2, 0.25) is 0 Å². The van der Waals surface area contributed by atoms with Gasteiger partial charge in [-0.25, -0.2) is 0 Å². The van der Waals surface area contributed by atoms with Crippen molar-refractivity contribution in [3.05, 3.63) is 35.5 Å². The van der Waals surface area contributed by atoms with Crippen LogP contribution in [0.25, 0.3) is 11.3 Å². The van der Waals surface area contributed by atoms with Gasteiger partial charge in [-0.05, 0) is 19.1 Å². The second-order valence-corrected chi connectivity index (χ2v) is 4.04. The molecule has 0 amide bonds. The first-order chi connectivity index (χ1) is 8.61. The lowest BCUT2D eigenvalue weighted by Gasteiger charge is -2.09. The molecular weight excluding hydrogens is 232 g/mol. The average Bonchev–Trinajstić information content (AvgIpc) is 2.76. The quantitative estimate of drug-likeness (QED) is 0.865. The van der Waals surface area contributed by atoms with E-state index in [-0.39, 0.29) is 6.42 Å². The summed E-state index contributed by atoms with van der Waals surface area (Å²) in [6.45, 7) is 1.97. The average molecular weight is 246 g/mol. The predicted molar refractivity (Wildman–Crippen MR) is 66.7 cm³/mol. The minimum Gasteiger partial charge on any atom is -0.496 e. The third-order valence-corrected chi connectivity index (χ3v) is 2.68. The fourth-order valence-corrected chi connectivity index (χ4v) is 1.86. The second kappa shape index (κ2) is 4.91. The minimum atomic E-state index is -0.885. The molecule has 1 heterocycles. The number of H-pyrrole nitrogens is 1. The molecule has 5 heteroatoms. The Hall–Kier alpha value is -2.30. The van der Waals surface area contributed by atoms with E-state index in [9.17, 15) is 4.79 Å². The zero-order chi connectivity index (χ0) is 13.1. The Morgan fingerprint density at radius 3 is 2.94 bits per heavy atom. The number of aromatic amines is 1. The molecule has 5 nitrogen and oxygen atoms in total. The Morgan fingerprint density at radius 1 is 1.50 bits per heavy atom. The van der Waals surface area contributed by atoms with Gasteiger partial charge in [0.15, 0.2) is 0 Å². The molecule has 1 aromatic carbocycles. The number of hydrogen-bond donors (Lipinski definition) is 2. The number of aliphatic carboxylic acids is 1. The summed E-state index contributed by atoms with van der Waals surface area (Å²) in [6.07, 6.45) is 1.47. The van der Waals surface area contributed by atoms with E-state index in [1.54, 1.807) is 7.11 Å². The summed E-state index contributed by atoms with van der Waals surface area (Å²) in [6, 6.07) is 5.74. The van der Waals surface area contributed by atoms with Gasteiger partial charge in [-0.1, -0.05) is 11.6 Å². The van der Waals surface area contributed by atoms with Crippen LogP contribution in [-0.2, 0) is 11.2 Å². The summed E-state index contributed by atoms with van der Waals surface area (Å²) in [5.41, 5.74) is 3.23. The van der Waals surface area contributed by atoms with E-state index in [4.69, 9.17) is 9.84 Å². The number of methoxy groups -OCH3 is 1. The molecule has 0 unspecified atom stereocenters. The van der Waals surface area contributed by atoms with Crippen molar-refractivity contribution in [2.45, 2.75) is 13.3 Å².